The van der Waals surface area contributed by atoms with E-state index >= 15 is 0 Å². The van der Waals surface area contributed by atoms with Crippen LogP contribution in [0.3, 0.4) is 0 Å². The van der Waals surface area contributed by atoms with Crippen LogP contribution in [0.25, 0.3) is 0 Å². The maximum Gasteiger partial charge on any atom is 0.131 e. The van der Waals surface area contributed by atoms with E-state index in [1.54, 1.807) is 6.33 Å². The van der Waals surface area contributed by atoms with E-state index in [0.29, 0.717) is 6.04 Å². The van der Waals surface area contributed by atoms with Crippen molar-refractivity contribution in [2.45, 2.75) is 25.3 Å². The molecular formula is C12H19N5. The molecule has 17 heavy (non-hydrogen) atoms. The summed E-state index contributed by atoms with van der Waals surface area (Å²) in [5.74, 6) is 2.70. The molecule has 3 rings (SSSR count). The lowest BCUT2D eigenvalue weighted by Crippen LogP contribution is -2.51. The van der Waals surface area contributed by atoms with Crippen LogP contribution in [0.2, 0.25) is 0 Å². The topological polar surface area (TPSA) is 61.9 Å². The van der Waals surface area contributed by atoms with Gasteiger partial charge in [0.15, 0.2) is 0 Å². The van der Waals surface area contributed by atoms with E-state index in [1.165, 1.54) is 19.3 Å². The number of hydrogen-bond acceptors (Lipinski definition) is 5. The van der Waals surface area contributed by atoms with E-state index in [2.05, 4.69) is 25.9 Å². The van der Waals surface area contributed by atoms with Gasteiger partial charge in [-0.05, 0) is 18.8 Å². The van der Waals surface area contributed by atoms with Gasteiger partial charge in [0.2, 0.25) is 0 Å². The Morgan fingerprint density at radius 3 is 2.71 bits per heavy atom. The SMILES string of the molecule is c1nc(NCC2CCC2)cc(NC2CNC2)n1. The molecule has 2 aliphatic rings. The molecule has 92 valence electrons. The lowest BCUT2D eigenvalue weighted by molar-refractivity contribution is 0.333. The molecule has 2 heterocycles. The molecule has 1 aliphatic carbocycles. The first kappa shape index (κ1) is 10.8. The molecule has 3 N–H and O–H groups in total. The number of rotatable bonds is 5. The van der Waals surface area contributed by atoms with Crippen LogP contribution >= 0.6 is 0 Å². The van der Waals surface area contributed by atoms with Gasteiger partial charge in [-0.3, -0.25) is 0 Å². The predicted molar refractivity (Wildman–Crippen MR) is 68.1 cm³/mol. The minimum absolute atomic E-state index is 0.518. The van der Waals surface area contributed by atoms with Gasteiger partial charge in [0.25, 0.3) is 0 Å². The standard InChI is InChI=1S/C12H19N5/c1-2-9(3-1)5-14-11-4-12(16-8-15-11)17-10-6-13-7-10/h4,8-10,13H,1-3,5-7H2,(H2,14,15,16,17). The van der Waals surface area contributed by atoms with Gasteiger partial charge in [-0.25, -0.2) is 9.97 Å². The Morgan fingerprint density at radius 2 is 2.06 bits per heavy atom. The largest absolute Gasteiger partial charge is 0.370 e. The van der Waals surface area contributed by atoms with Gasteiger partial charge < -0.3 is 16.0 Å². The summed E-state index contributed by atoms with van der Waals surface area (Å²) in [7, 11) is 0. The van der Waals surface area contributed by atoms with Gasteiger partial charge in [0.05, 0.1) is 6.04 Å². The monoisotopic (exact) mass is 233 g/mol. The van der Waals surface area contributed by atoms with Crippen LogP contribution in [0.4, 0.5) is 11.6 Å². The van der Waals surface area contributed by atoms with Crippen LogP contribution in [0.15, 0.2) is 12.4 Å². The summed E-state index contributed by atoms with van der Waals surface area (Å²) in [5.41, 5.74) is 0. The average molecular weight is 233 g/mol. The first-order chi connectivity index (χ1) is 8.40. The fourth-order valence-corrected chi connectivity index (χ4v) is 2.08. The van der Waals surface area contributed by atoms with E-state index in [1.807, 2.05) is 6.07 Å². The number of nitrogens with one attached hydrogen (secondary N) is 3. The number of anilines is 2. The smallest absolute Gasteiger partial charge is 0.131 e. The van der Waals surface area contributed by atoms with E-state index in [9.17, 15) is 0 Å². The van der Waals surface area contributed by atoms with Gasteiger partial charge in [-0.15, -0.1) is 0 Å². The Labute approximate surface area is 101 Å². The van der Waals surface area contributed by atoms with Crippen LogP contribution in [0, 0.1) is 5.92 Å². The molecule has 1 saturated carbocycles. The predicted octanol–water partition coefficient (Wildman–Crippen LogP) is 1.07. The van der Waals surface area contributed by atoms with E-state index in [-0.39, 0.29) is 0 Å². The second-order valence-corrected chi connectivity index (χ2v) is 4.97. The lowest BCUT2D eigenvalue weighted by atomic mass is 9.85. The fourth-order valence-electron chi connectivity index (χ4n) is 2.08. The maximum absolute atomic E-state index is 4.24. The highest BCUT2D eigenvalue weighted by Gasteiger charge is 2.18. The summed E-state index contributed by atoms with van der Waals surface area (Å²) in [6.45, 7) is 3.09. The summed E-state index contributed by atoms with van der Waals surface area (Å²) in [5, 5.41) is 10.0. The van der Waals surface area contributed by atoms with Crippen molar-refractivity contribution < 1.29 is 0 Å². The summed E-state index contributed by atoms with van der Waals surface area (Å²) in [4.78, 5) is 8.48. The molecule has 1 aromatic heterocycles. The molecule has 1 saturated heterocycles. The molecule has 0 atom stereocenters. The van der Waals surface area contributed by atoms with Crippen molar-refractivity contribution in [3.05, 3.63) is 12.4 Å². The molecule has 5 nitrogen and oxygen atoms in total. The molecule has 0 spiro atoms. The minimum atomic E-state index is 0.518. The lowest BCUT2D eigenvalue weighted by Gasteiger charge is -2.28. The van der Waals surface area contributed by atoms with Crippen LogP contribution in [0.5, 0.6) is 0 Å². The summed E-state index contributed by atoms with van der Waals surface area (Å²) >= 11 is 0. The Hall–Kier alpha value is -1.36. The molecule has 5 heteroatoms. The Kier molecular flexibility index (Phi) is 3.09. The summed E-state index contributed by atoms with van der Waals surface area (Å²) in [6.07, 6.45) is 5.73. The molecule has 1 aliphatic heterocycles. The van der Waals surface area contributed by atoms with Crippen molar-refractivity contribution in [3.8, 4) is 0 Å². The normalized spacial score (nSPS) is 20.5. The molecule has 0 unspecified atom stereocenters. The van der Waals surface area contributed by atoms with Crippen LogP contribution in [0.1, 0.15) is 19.3 Å². The van der Waals surface area contributed by atoms with Crippen LogP contribution in [-0.2, 0) is 0 Å². The van der Waals surface area contributed by atoms with E-state index in [4.69, 9.17) is 0 Å². The third-order valence-electron chi connectivity index (χ3n) is 3.60. The van der Waals surface area contributed by atoms with Crippen LogP contribution in [-0.4, -0.2) is 35.6 Å². The molecule has 0 radical (unpaired) electrons. The van der Waals surface area contributed by atoms with Crippen molar-refractivity contribution in [1.82, 2.24) is 15.3 Å². The van der Waals surface area contributed by atoms with Crippen molar-refractivity contribution in [2.24, 2.45) is 5.92 Å². The number of nitrogens with zero attached hydrogens (tertiary/aromatic N) is 2. The zero-order valence-electron chi connectivity index (χ0n) is 9.95. The number of aromatic nitrogens is 2. The molecular weight excluding hydrogens is 214 g/mol. The quantitative estimate of drug-likeness (QED) is 0.710. The zero-order valence-corrected chi connectivity index (χ0v) is 9.95. The van der Waals surface area contributed by atoms with Gasteiger partial charge in [-0.1, -0.05) is 6.42 Å². The third-order valence-corrected chi connectivity index (χ3v) is 3.60. The molecule has 0 aromatic carbocycles. The summed E-state index contributed by atoms with van der Waals surface area (Å²) in [6, 6.07) is 2.51. The molecule has 2 fully saturated rings. The first-order valence-corrected chi connectivity index (χ1v) is 6.43. The highest BCUT2D eigenvalue weighted by Crippen LogP contribution is 2.26. The van der Waals surface area contributed by atoms with E-state index < -0.39 is 0 Å². The highest BCUT2D eigenvalue weighted by molar-refractivity contribution is 5.47. The van der Waals surface area contributed by atoms with Crippen molar-refractivity contribution in [3.63, 3.8) is 0 Å². The zero-order chi connectivity index (χ0) is 11.5. The minimum Gasteiger partial charge on any atom is -0.370 e. The third kappa shape index (κ3) is 2.66. The Morgan fingerprint density at radius 1 is 1.24 bits per heavy atom. The second kappa shape index (κ2) is 4.87. The van der Waals surface area contributed by atoms with Gasteiger partial charge in [0.1, 0.15) is 18.0 Å². The Balaban J connectivity index is 1.53. The van der Waals surface area contributed by atoms with Gasteiger partial charge in [-0.2, -0.15) is 0 Å². The molecule has 1 aromatic rings. The van der Waals surface area contributed by atoms with Gasteiger partial charge >= 0.3 is 0 Å². The van der Waals surface area contributed by atoms with Crippen molar-refractivity contribution in [1.29, 1.82) is 0 Å². The van der Waals surface area contributed by atoms with Crippen molar-refractivity contribution in [2.75, 3.05) is 30.3 Å². The Bertz CT molecular complexity index is 373. The average Bonchev–Trinajstić information content (AvgIpc) is 2.22. The van der Waals surface area contributed by atoms with Crippen LogP contribution < -0.4 is 16.0 Å². The van der Waals surface area contributed by atoms with Gasteiger partial charge in [0, 0.05) is 25.7 Å². The van der Waals surface area contributed by atoms with Crippen molar-refractivity contribution >= 4 is 11.6 Å². The number of hydrogen-bond donors (Lipinski definition) is 3. The first-order valence-electron chi connectivity index (χ1n) is 6.43. The highest BCUT2D eigenvalue weighted by atomic mass is 15.1. The van der Waals surface area contributed by atoms with E-state index in [0.717, 1.165) is 37.2 Å². The molecule has 0 amide bonds. The fraction of sp³-hybridized carbons (Fsp3) is 0.667. The maximum atomic E-state index is 4.24. The second-order valence-electron chi connectivity index (χ2n) is 4.97. The summed E-state index contributed by atoms with van der Waals surface area (Å²) < 4.78 is 0. The molecule has 0 bridgehead atoms.